The van der Waals surface area contributed by atoms with Crippen molar-refractivity contribution < 1.29 is 13.9 Å². The number of ether oxygens (including phenoxy) is 1. The zero-order chi connectivity index (χ0) is 15.6. The summed E-state index contributed by atoms with van der Waals surface area (Å²) >= 11 is 3.22. The summed E-state index contributed by atoms with van der Waals surface area (Å²) in [5.41, 5.74) is 6.38. The van der Waals surface area contributed by atoms with Gasteiger partial charge in [-0.25, -0.2) is 14.2 Å². The maximum Gasteiger partial charge on any atom is 0.357 e. The predicted molar refractivity (Wildman–Crippen MR) is 77.8 cm³/mol. The van der Waals surface area contributed by atoms with Crippen molar-refractivity contribution in [3.8, 4) is 17.2 Å². The highest BCUT2D eigenvalue weighted by Gasteiger charge is 2.18. The van der Waals surface area contributed by atoms with Gasteiger partial charge in [-0.05, 0) is 39.7 Å². The van der Waals surface area contributed by atoms with E-state index in [2.05, 4.69) is 25.7 Å². The number of esters is 1. The highest BCUT2D eigenvalue weighted by Crippen LogP contribution is 2.30. The van der Waals surface area contributed by atoms with Crippen LogP contribution in [-0.2, 0) is 4.74 Å². The van der Waals surface area contributed by atoms with Gasteiger partial charge in [0, 0.05) is 5.56 Å². The van der Waals surface area contributed by atoms with Crippen molar-refractivity contribution in [1.82, 2.24) is 4.98 Å². The van der Waals surface area contributed by atoms with Gasteiger partial charge < -0.3 is 10.5 Å². The molecule has 0 aliphatic carbocycles. The Morgan fingerprint density at radius 2 is 2.19 bits per heavy atom. The van der Waals surface area contributed by atoms with E-state index in [-0.39, 0.29) is 17.1 Å². The first-order valence-corrected chi connectivity index (χ1v) is 6.51. The molecule has 0 spiro atoms. The lowest BCUT2D eigenvalue weighted by atomic mass is 10.0. The van der Waals surface area contributed by atoms with Gasteiger partial charge in [0.2, 0.25) is 0 Å². The minimum atomic E-state index is -0.674. The molecule has 106 valence electrons. The highest BCUT2D eigenvalue weighted by atomic mass is 79.9. The molecule has 0 saturated heterocycles. The minimum Gasteiger partial charge on any atom is -0.464 e. The van der Waals surface area contributed by atoms with E-state index in [1.54, 1.807) is 12.1 Å². The second kappa shape index (κ2) is 5.89. The summed E-state index contributed by atoms with van der Waals surface area (Å²) in [5.74, 6) is -1.18. The molecule has 0 aliphatic rings. The van der Waals surface area contributed by atoms with E-state index in [4.69, 9.17) is 11.0 Å². The Hall–Kier alpha value is -2.46. The lowest BCUT2D eigenvalue weighted by Gasteiger charge is -2.10. The van der Waals surface area contributed by atoms with Crippen LogP contribution < -0.4 is 5.73 Å². The third kappa shape index (κ3) is 2.85. The Balaban J connectivity index is 2.71. The smallest absolute Gasteiger partial charge is 0.357 e. The van der Waals surface area contributed by atoms with Gasteiger partial charge in [0.15, 0.2) is 5.69 Å². The standard InChI is InChI=1S/C14H9BrFN3O2/c1-21-14(20)12-9(5-10(15)13(18)19-12)7-2-3-11(16)8(4-7)6-17/h2-5H,1H3,(H2,18,19). The molecule has 5 nitrogen and oxygen atoms in total. The lowest BCUT2D eigenvalue weighted by molar-refractivity contribution is 0.0595. The van der Waals surface area contributed by atoms with Crippen LogP contribution in [0.15, 0.2) is 28.7 Å². The number of anilines is 1. The van der Waals surface area contributed by atoms with Crippen molar-refractivity contribution in [1.29, 1.82) is 5.26 Å². The number of nitriles is 1. The second-order valence-corrected chi connectivity index (χ2v) is 4.90. The summed E-state index contributed by atoms with van der Waals surface area (Å²) < 4.78 is 18.5. The van der Waals surface area contributed by atoms with E-state index in [1.807, 2.05) is 0 Å². The molecular weight excluding hydrogens is 341 g/mol. The van der Waals surface area contributed by atoms with Crippen LogP contribution in [0.5, 0.6) is 0 Å². The summed E-state index contributed by atoms with van der Waals surface area (Å²) in [5, 5.41) is 8.89. The van der Waals surface area contributed by atoms with Crippen molar-refractivity contribution >= 4 is 27.7 Å². The number of benzene rings is 1. The minimum absolute atomic E-state index is 0.00584. The van der Waals surface area contributed by atoms with Crippen LogP contribution in [0.4, 0.5) is 10.2 Å². The van der Waals surface area contributed by atoms with Crippen molar-refractivity contribution in [2.75, 3.05) is 12.8 Å². The molecule has 0 aliphatic heterocycles. The summed E-state index contributed by atoms with van der Waals surface area (Å²) in [7, 11) is 1.22. The molecule has 0 unspecified atom stereocenters. The van der Waals surface area contributed by atoms with Gasteiger partial charge in [-0.2, -0.15) is 5.26 Å². The fraction of sp³-hybridized carbons (Fsp3) is 0.0714. The Morgan fingerprint density at radius 3 is 2.81 bits per heavy atom. The van der Waals surface area contributed by atoms with Crippen LogP contribution in [0.1, 0.15) is 16.1 Å². The maximum absolute atomic E-state index is 13.4. The van der Waals surface area contributed by atoms with Gasteiger partial charge in [-0.3, -0.25) is 0 Å². The maximum atomic E-state index is 13.4. The SMILES string of the molecule is COC(=O)c1nc(N)c(Br)cc1-c1ccc(F)c(C#N)c1. The number of carbonyl (C=O) groups excluding carboxylic acids is 1. The van der Waals surface area contributed by atoms with Crippen molar-refractivity contribution in [3.63, 3.8) is 0 Å². The number of nitrogen functional groups attached to an aromatic ring is 1. The molecular formula is C14H9BrFN3O2. The Kier molecular flexibility index (Phi) is 4.19. The number of carbonyl (C=O) groups is 1. The van der Waals surface area contributed by atoms with Crippen LogP contribution in [0, 0.1) is 17.1 Å². The van der Waals surface area contributed by atoms with Crippen LogP contribution in [0.2, 0.25) is 0 Å². The topological polar surface area (TPSA) is 89.0 Å². The monoisotopic (exact) mass is 349 g/mol. The molecule has 2 aromatic rings. The van der Waals surface area contributed by atoms with Crippen molar-refractivity contribution in [3.05, 3.63) is 45.8 Å². The van der Waals surface area contributed by atoms with Gasteiger partial charge in [0.1, 0.15) is 17.7 Å². The fourth-order valence-corrected chi connectivity index (χ4v) is 2.07. The zero-order valence-corrected chi connectivity index (χ0v) is 12.4. The first-order chi connectivity index (χ1) is 9.97. The molecule has 0 saturated carbocycles. The molecule has 0 fully saturated rings. The van der Waals surface area contributed by atoms with Crippen LogP contribution >= 0.6 is 15.9 Å². The molecule has 0 radical (unpaired) electrons. The van der Waals surface area contributed by atoms with Crippen molar-refractivity contribution in [2.24, 2.45) is 0 Å². The summed E-state index contributed by atoms with van der Waals surface area (Å²) in [6.07, 6.45) is 0. The molecule has 0 amide bonds. The number of methoxy groups -OCH3 is 1. The molecule has 7 heteroatoms. The number of rotatable bonds is 2. The first-order valence-electron chi connectivity index (χ1n) is 5.72. The zero-order valence-electron chi connectivity index (χ0n) is 10.9. The average Bonchev–Trinajstić information content (AvgIpc) is 2.49. The molecule has 2 rings (SSSR count). The van der Waals surface area contributed by atoms with Crippen LogP contribution in [0.3, 0.4) is 0 Å². The van der Waals surface area contributed by atoms with E-state index in [0.29, 0.717) is 15.6 Å². The summed E-state index contributed by atoms with van der Waals surface area (Å²) in [6, 6.07) is 7.25. The van der Waals surface area contributed by atoms with E-state index in [1.165, 1.54) is 19.2 Å². The fourth-order valence-electron chi connectivity index (χ4n) is 1.75. The number of aromatic nitrogens is 1. The molecule has 0 bridgehead atoms. The highest BCUT2D eigenvalue weighted by molar-refractivity contribution is 9.10. The number of nitrogens with zero attached hydrogens (tertiary/aromatic N) is 2. The predicted octanol–water partition coefficient (Wildman–Crippen LogP) is 2.89. The average molecular weight is 350 g/mol. The van der Waals surface area contributed by atoms with Crippen LogP contribution in [-0.4, -0.2) is 18.1 Å². The Labute approximate surface area is 128 Å². The van der Waals surface area contributed by atoms with Crippen molar-refractivity contribution in [2.45, 2.75) is 0 Å². The molecule has 0 atom stereocenters. The number of nitrogens with two attached hydrogens (primary N) is 1. The molecule has 1 aromatic heterocycles. The summed E-state index contributed by atoms with van der Waals surface area (Å²) in [4.78, 5) is 15.8. The Morgan fingerprint density at radius 1 is 1.48 bits per heavy atom. The third-order valence-corrected chi connectivity index (χ3v) is 3.41. The first kappa shape index (κ1) is 14.9. The van der Waals surface area contributed by atoms with Gasteiger partial charge in [-0.15, -0.1) is 0 Å². The van der Waals surface area contributed by atoms with Gasteiger partial charge >= 0.3 is 5.97 Å². The second-order valence-electron chi connectivity index (χ2n) is 4.05. The normalized spacial score (nSPS) is 10.0. The van der Waals surface area contributed by atoms with Gasteiger partial charge in [-0.1, -0.05) is 6.07 Å². The number of hydrogen-bond donors (Lipinski definition) is 1. The quantitative estimate of drug-likeness (QED) is 0.842. The largest absolute Gasteiger partial charge is 0.464 e. The number of hydrogen-bond acceptors (Lipinski definition) is 5. The molecule has 1 heterocycles. The van der Waals surface area contributed by atoms with E-state index in [9.17, 15) is 9.18 Å². The van der Waals surface area contributed by atoms with Crippen LogP contribution in [0.25, 0.3) is 11.1 Å². The summed E-state index contributed by atoms with van der Waals surface area (Å²) in [6.45, 7) is 0. The van der Waals surface area contributed by atoms with E-state index >= 15 is 0 Å². The number of halogens is 2. The molecule has 2 N–H and O–H groups in total. The number of pyridine rings is 1. The molecule has 21 heavy (non-hydrogen) atoms. The van der Waals surface area contributed by atoms with Gasteiger partial charge in [0.25, 0.3) is 0 Å². The Bertz CT molecular complexity index is 772. The lowest BCUT2D eigenvalue weighted by Crippen LogP contribution is -2.09. The van der Waals surface area contributed by atoms with E-state index < -0.39 is 11.8 Å². The van der Waals surface area contributed by atoms with Gasteiger partial charge in [0.05, 0.1) is 17.1 Å². The molecule has 1 aromatic carbocycles. The third-order valence-electron chi connectivity index (χ3n) is 2.78. The van der Waals surface area contributed by atoms with E-state index in [0.717, 1.165) is 6.07 Å².